The molecular weight excluding hydrogens is 226 g/mol. The van der Waals surface area contributed by atoms with E-state index < -0.39 is 5.97 Å². The third kappa shape index (κ3) is 2.56. The second kappa shape index (κ2) is 5.53. The second-order valence-electron chi connectivity index (χ2n) is 5.07. The van der Waals surface area contributed by atoms with Crippen LogP contribution in [0.2, 0.25) is 0 Å². The molecular formula is C15H21NO2. The highest BCUT2D eigenvalue weighted by atomic mass is 16.4. The summed E-state index contributed by atoms with van der Waals surface area (Å²) < 4.78 is 0. The molecule has 0 saturated carbocycles. The summed E-state index contributed by atoms with van der Waals surface area (Å²) in [6.45, 7) is 7.36. The molecule has 1 aromatic carbocycles. The van der Waals surface area contributed by atoms with E-state index in [9.17, 15) is 9.90 Å². The summed E-state index contributed by atoms with van der Waals surface area (Å²) in [7, 11) is 0. The number of rotatable bonds is 3. The minimum atomic E-state index is -0.803. The van der Waals surface area contributed by atoms with Gasteiger partial charge in [-0.25, -0.2) is 4.79 Å². The molecule has 1 aliphatic rings. The number of carboxylic acid groups (broad SMARTS) is 1. The normalized spacial score (nSPS) is 20.9. The fourth-order valence-electron chi connectivity index (χ4n) is 2.99. The molecule has 0 aromatic heterocycles. The first-order valence-electron chi connectivity index (χ1n) is 6.68. The van der Waals surface area contributed by atoms with E-state index in [4.69, 9.17) is 0 Å². The van der Waals surface area contributed by atoms with Crippen molar-refractivity contribution in [3.8, 4) is 0 Å². The predicted octanol–water partition coefficient (Wildman–Crippen LogP) is 2.89. The van der Waals surface area contributed by atoms with E-state index in [1.165, 1.54) is 0 Å². The van der Waals surface area contributed by atoms with Crippen LogP contribution in [0.4, 0.5) is 0 Å². The predicted molar refractivity (Wildman–Crippen MR) is 72.2 cm³/mol. The number of aryl methyl sites for hydroxylation is 1. The Kier molecular flexibility index (Phi) is 4.02. The summed E-state index contributed by atoms with van der Waals surface area (Å²) in [5.41, 5.74) is 2.64. The van der Waals surface area contributed by atoms with Crippen molar-refractivity contribution in [2.75, 3.05) is 19.6 Å². The zero-order chi connectivity index (χ0) is 13.1. The van der Waals surface area contributed by atoms with Gasteiger partial charge in [0.2, 0.25) is 0 Å². The summed E-state index contributed by atoms with van der Waals surface area (Å²) in [4.78, 5) is 13.8. The Morgan fingerprint density at radius 2 is 2.28 bits per heavy atom. The lowest BCUT2D eigenvalue weighted by Gasteiger charge is -2.33. The fraction of sp³-hybridized carbons (Fsp3) is 0.533. The van der Waals surface area contributed by atoms with Crippen LogP contribution in [0.3, 0.4) is 0 Å². The average Bonchev–Trinajstić information content (AvgIpc) is 2.38. The molecule has 1 atom stereocenters. The van der Waals surface area contributed by atoms with Crippen LogP contribution >= 0.6 is 0 Å². The van der Waals surface area contributed by atoms with Crippen LogP contribution in [0, 0.1) is 6.92 Å². The summed E-state index contributed by atoms with van der Waals surface area (Å²) in [6, 6.07) is 5.59. The smallest absolute Gasteiger partial charge is 0.335 e. The van der Waals surface area contributed by atoms with Gasteiger partial charge >= 0.3 is 5.97 Å². The monoisotopic (exact) mass is 247 g/mol. The lowest BCUT2D eigenvalue weighted by molar-refractivity contribution is 0.0694. The highest BCUT2D eigenvalue weighted by molar-refractivity contribution is 5.90. The largest absolute Gasteiger partial charge is 0.478 e. The maximum absolute atomic E-state index is 11.4. The third-order valence-electron chi connectivity index (χ3n) is 3.92. The van der Waals surface area contributed by atoms with Gasteiger partial charge in [0.25, 0.3) is 0 Å². The molecule has 1 aromatic rings. The molecule has 1 aliphatic heterocycles. The number of nitrogens with zero attached hydrogens (tertiary/aromatic N) is 1. The molecule has 0 radical (unpaired) electrons. The lowest BCUT2D eigenvalue weighted by Crippen LogP contribution is -2.34. The van der Waals surface area contributed by atoms with Gasteiger partial charge in [0.15, 0.2) is 0 Å². The van der Waals surface area contributed by atoms with Crippen LogP contribution in [-0.4, -0.2) is 35.6 Å². The van der Waals surface area contributed by atoms with Gasteiger partial charge in [-0.2, -0.15) is 0 Å². The van der Waals surface area contributed by atoms with Gasteiger partial charge in [-0.05, 0) is 56.0 Å². The number of aromatic carboxylic acids is 1. The van der Waals surface area contributed by atoms with Crippen molar-refractivity contribution in [3.63, 3.8) is 0 Å². The molecule has 0 spiro atoms. The van der Waals surface area contributed by atoms with E-state index in [0.29, 0.717) is 11.5 Å². The summed E-state index contributed by atoms with van der Waals surface area (Å²) in [5.74, 6) is -0.437. The number of hydrogen-bond acceptors (Lipinski definition) is 2. The van der Waals surface area contributed by atoms with E-state index in [-0.39, 0.29) is 0 Å². The van der Waals surface area contributed by atoms with E-state index in [0.717, 1.165) is 43.6 Å². The van der Waals surface area contributed by atoms with Gasteiger partial charge in [-0.1, -0.05) is 19.1 Å². The Balaban J connectivity index is 2.34. The highest BCUT2D eigenvalue weighted by Crippen LogP contribution is 2.31. The summed E-state index contributed by atoms with van der Waals surface area (Å²) in [6.07, 6.45) is 2.26. The maximum atomic E-state index is 11.4. The molecule has 3 heteroatoms. The van der Waals surface area contributed by atoms with Crippen molar-refractivity contribution in [2.24, 2.45) is 0 Å². The number of carboxylic acids is 1. The lowest BCUT2D eigenvalue weighted by atomic mass is 9.85. The van der Waals surface area contributed by atoms with Crippen LogP contribution in [0.15, 0.2) is 18.2 Å². The van der Waals surface area contributed by atoms with Gasteiger partial charge in [-0.15, -0.1) is 0 Å². The summed E-state index contributed by atoms with van der Waals surface area (Å²) in [5, 5.41) is 9.33. The second-order valence-corrected chi connectivity index (χ2v) is 5.07. The first kappa shape index (κ1) is 13.1. The van der Waals surface area contributed by atoms with Crippen molar-refractivity contribution in [1.82, 2.24) is 4.90 Å². The van der Waals surface area contributed by atoms with Crippen molar-refractivity contribution in [2.45, 2.75) is 32.6 Å². The Morgan fingerprint density at radius 3 is 2.94 bits per heavy atom. The van der Waals surface area contributed by atoms with Crippen LogP contribution < -0.4 is 0 Å². The molecule has 0 aliphatic carbocycles. The van der Waals surface area contributed by atoms with Crippen molar-refractivity contribution in [3.05, 3.63) is 34.9 Å². The zero-order valence-electron chi connectivity index (χ0n) is 11.1. The Hall–Kier alpha value is -1.35. The molecule has 1 unspecified atom stereocenters. The molecule has 3 nitrogen and oxygen atoms in total. The number of piperidine rings is 1. The topological polar surface area (TPSA) is 40.5 Å². The SMILES string of the molecule is CCN1CCCC(c2c(C)cccc2C(=O)O)C1. The first-order valence-corrected chi connectivity index (χ1v) is 6.68. The van der Waals surface area contributed by atoms with Crippen molar-refractivity contribution < 1.29 is 9.90 Å². The molecule has 0 bridgehead atoms. The highest BCUT2D eigenvalue weighted by Gasteiger charge is 2.25. The molecule has 1 heterocycles. The number of benzene rings is 1. The third-order valence-corrected chi connectivity index (χ3v) is 3.92. The first-order chi connectivity index (χ1) is 8.63. The van der Waals surface area contributed by atoms with Crippen LogP contribution in [0.1, 0.15) is 47.2 Å². The standard InChI is InChI=1S/C15H21NO2/c1-3-16-9-5-7-12(10-16)14-11(2)6-4-8-13(14)15(17)18/h4,6,8,12H,3,5,7,9-10H2,1-2H3,(H,17,18). The van der Waals surface area contributed by atoms with Crippen LogP contribution in [0.25, 0.3) is 0 Å². The van der Waals surface area contributed by atoms with Crippen molar-refractivity contribution >= 4 is 5.97 Å². The Morgan fingerprint density at radius 1 is 1.50 bits per heavy atom. The molecule has 0 amide bonds. The number of hydrogen-bond donors (Lipinski definition) is 1. The van der Waals surface area contributed by atoms with E-state index in [2.05, 4.69) is 11.8 Å². The van der Waals surface area contributed by atoms with Crippen LogP contribution in [0.5, 0.6) is 0 Å². The minimum absolute atomic E-state index is 0.367. The fourth-order valence-corrected chi connectivity index (χ4v) is 2.99. The van der Waals surface area contributed by atoms with E-state index in [1.54, 1.807) is 6.07 Å². The zero-order valence-corrected chi connectivity index (χ0v) is 11.1. The number of carbonyl (C=O) groups is 1. The molecule has 2 rings (SSSR count). The molecule has 18 heavy (non-hydrogen) atoms. The Bertz CT molecular complexity index is 442. The minimum Gasteiger partial charge on any atom is -0.478 e. The van der Waals surface area contributed by atoms with Crippen LogP contribution in [-0.2, 0) is 0 Å². The number of likely N-dealkylation sites (N-methyl/N-ethyl adjacent to an activating group) is 1. The van der Waals surface area contributed by atoms with Gasteiger partial charge < -0.3 is 10.0 Å². The van der Waals surface area contributed by atoms with Gasteiger partial charge in [-0.3, -0.25) is 0 Å². The quantitative estimate of drug-likeness (QED) is 0.892. The van der Waals surface area contributed by atoms with Crippen molar-refractivity contribution in [1.29, 1.82) is 0 Å². The van der Waals surface area contributed by atoms with Gasteiger partial charge in [0, 0.05) is 6.54 Å². The number of likely N-dealkylation sites (tertiary alicyclic amines) is 1. The maximum Gasteiger partial charge on any atom is 0.335 e. The molecule has 98 valence electrons. The van der Waals surface area contributed by atoms with E-state index in [1.807, 2.05) is 19.1 Å². The van der Waals surface area contributed by atoms with Gasteiger partial charge in [0.05, 0.1) is 5.56 Å². The van der Waals surface area contributed by atoms with E-state index >= 15 is 0 Å². The van der Waals surface area contributed by atoms with Gasteiger partial charge in [0.1, 0.15) is 0 Å². The summed E-state index contributed by atoms with van der Waals surface area (Å²) >= 11 is 0. The average molecular weight is 247 g/mol. The molecule has 1 saturated heterocycles. The Labute approximate surface area is 108 Å². The molecule has 1 N–H and O–H groups in total. The molecule has 1 fully saturated rings.